The maximum absolute atomic E-state index is 12.7. The van der Waals surface area contributed by atoms with Gasteiger partial charge in [-0.05, 0) is 49.2 Å². The van der Waals surface area contributed by atoms with Crippen molar-refractivity contribution in [2.75, 3.05) is 19.4 Å². The zero-order valence-corrected chi connectivity index (χ0v) is 18.1. The van der Waals surface area contributed by atoms with E-state index < -0.39 is 21.5 Å². The molecule has 5 nitrogen and oxygen atoms in total. The predicted octanol–water partition coefficient (Wildman–Crippen LogP) is 3.98. The molecular weight excluding hydrogens is 430 g/mol. The minimum absolute atomic E-state index is 0.163. The van der Waals surface area contributed by atoms with Crippen molar-refractivity contribution in [3.05, 3.63) is 64.1 Å². The number of ether oxygens (including phenoxy) is 1. The van der Waals surface area contributed by atoms with Gasteiger partial charge in [-0.2, -0.15) is 0 Å². The molecule has 0 radical (unpaired) electrons. The average Bonchev–Trinajstić information content (AvgIpc) is 2.61. The number of amides is 1. The van der Waals surface area contributed by atoms with Gasteiger partial charge in [-0.1, -0.05) is 40.2 Å². The molecule has 0 bridgehead atoms. The second-order valence-electron chi connectivity index (χ2n) is 6.29. The SMILES string of the molecule is CCN(C(=O)CS(=O)(=O)Cc1cccc(Br)c1)C(C)c1cccc(OC)c1. The first kappa shape index (κ1) is 21.4. The first-order chi connectivity index (χ1) is 12.8. The predicted molar refractivity (Wildman–Crippen MR) is 110 cm³/mol. The number of benzene rings is 2. The maximum atomic E-state index is 12.7. The van der Waals surface area contributed by atoms with Crippen molar-refractivity contribution in [2.45, 2.75) is 25.6 Å². The lowest BCUT2D eigenvalue weighted by Crippen LogP contribution is -2.37. The first-order valence-electron chi connectivity index (χ1n) is 8.64. The second-order valence-corrected chi connectivity index (χ2v) is 9.27. The number of nitrogens with zero attached hydrogens (tertiary/aromatic N) is 1. The smallest absolute Gasteiger partial charge is 0.238 e. The van der Waals surface area contributed by atoms with Gasteiger partial charge >= 0.3 is 0 Å². The van der Waals surface area contributed by atoms with E-state index in [1.165, 1.54) is 0 Å². The van der Waals surface area contributed by atoms with Gasteiger partial charge in [0.1, 0.15) is 11.5 Å². The van der Waals surface area contributed by atoms with E-state index in [1.54, 1.807) is 30.2 Å². The van der Waals surface area contributed by atoms with Crippen molar-refractivity contribution in [3.8, 4) is 5.75 Å². The Kier molecular flexibility index (Phi) is 7.44. The number of methoxy groups -OCH3 is 1. The largest absolute Gasteiger partial charge is 0.497 e. The van der Waals surface area contributed by atoms with E-state index in [2.05, 4.69) is 15.9 Å². The summed E-state index contributed by atoms with van der Waals surface area (Å²) in [4.78, 5) is 14.3. The molecule has 0 N–H and O–H groups in total. The molecule has 2 aromatic carbocycles. The van der Waals surface area contributed by atoms with Crippen LogP contribution in [-0.2, 0) is 20.4 Å². The van der Waals surface area contributed by atoms with Gasteiger partial charge in [0.2, 0.25) is 5.91 Å². The standard InChI is InChI=1S/C20H24BrNO4S/c1-4-22(15(2)17-8-6-10-19(12-17)26-3)20(23)14-27(24,25)13-16-7-5-9-18(21)11-16/h5-12,15H,4,13-14H2,1-3H3. The Morgan fingerprint density at radius 1 is 1.19 bits per heavy atom. The van der Waals surface area contributed by atoms with Crippen molar-refractivity contribution in [1.82, 2.24) is 4.90 Å². The molecule has 0 aliphatic carbocycles. The van der Waals surface area contributed by atoms with E-state index in [9.17, 15) is 13.2 Å². The third-order valence-electron chi connectivity index (χ3n) is 4.32. The van der Waals surface area contributed by atoms with E-state index in [4.69, 9.17) is 4.74 Å². The number of halogens is 1. The average molecular weight is 454 g/mol. The van der Waals surface area contributed by atoms with Crippen LogP contribution < -0.4 is 4.74 Å². The van der Waals surface area contributed by atoms with E-state index in [1.807, 2.05) is 44.2 Å². The topological polar surface area (TPSA) is 63.7 Å². The van der Waals surface area contributed by atoms with Gasteiger partial charge in [-0.15, -0.1) is 0 Å². The normalized spacial score (nSPS) is 12.4. The Balaban J connectivity index is 2.13. The summed E-state index contributed by atoms with van der Waals surface area (Å²) in [6.07, 6.45) is 0. The summed E-state index contributed by atoms with van der Waals surface area (Å²) in [5.41, 5.74) is 1.55. The van der Waals surface area contributed by atoms with Gasteiger partial charge in [-0.25, -0.2) is 8.42 Å². The molecule has 0 aliphatic heterocycles. The number of carbonyl (C=O) groups excluding carboxylic acids is 1. The van der Waals surface area contributed by atoms with Crippen LogP contribution in [0.3, 0.4) is 0 Å². The van der Waals surface area contributed by atoms with Crippen LogP contribution in [0, 0.1) is 0 Å². The van der Waals surface area contributed by atoms with Crippen molar-refractivity contribution < 1.29 is 17.9 Å². The van der Waals surface area contributed by atoms with Gasteiger partial charge in [0, 0.05) is 11.0 Å². The number of carbonyl (C=O) groups is 1. The monoisotopic (exact) mass is 453 g/mol. The highest BCUT2D eigenvalue weighted by Gasteiger charge is 2.25. The lowest BCUT2D eigenvalue weighted by Gasteiger charge is -2.28. The molecule has 1 amide bonds. The fraction of sp³-hybridized carbons (Fsp3) is 0.350. The fourth-order valence-corrected chi connectivity index (χ4v) is 4.73. The summed E-state index contributed by atoms with van der Waals surface area (Å²) in [5.74, 6) is -0.377. The second kappa shape index (κ2) is 9.37. The minimum atomic E-state index is -3.57. The fourth-order valence-electron chi connectivity index (χ4n) is 2.95. The third kappa shape index (κ3) is 6.07. The van der Waals surface area contributed by atoms with E-state index >= 15 is 0 Å². The van der Waals surface area contributed by atoms with Crippen molar-refractivity contribution in [3.63, 3.8) is 0 Å². The Morgan fingerprint density at radius 3 is 2.52 bits per heavy atom. The molecule has 2 rings (SSSR count). The number of hydrogen-bond donors (Lipinski definition) is 0. The molecule has 0 spiro atoms. The molecule has 0 fully saturated rings. The molecule has 7 heteroatoms. The Bertz CT molecular complexity index is 898. The zero-order chi connectivity index (χ0) is 20.0. The van der Waals surface area contributed by atoms with E-state index in [0.717, 1.165) is 10.0 Å². The van der Waals surface area contributed by atoms with Crippen LogP contribution in [0.5, 0.6) is 5.75 Å². The van der Waals surface area contributed by atoms with Crippen LogP contribution >= 0.6 is 15.9 Å². The van der Waals surface area contributed by atoms with Crippen LogP contribution in [0.2, 0.25) is 0 Å². The zero-order valence-electron chi connectivity index (χ0n) is 15.7. The van der Waals surface area contributed by atoms with Crippen molar-refractivity contribution >= 4 is 31.7 Å². The lowest BCUT2D eigenvalue weighted by atomic mass is 10.1. The maximum Gasteiger partial charge on any atom is 0.238 e. The van der Waals surface area contributed by atoms with Crippen LogP contribution in [0.1, 0.15) is 31.0 Å². The molecule has 1 unspecified atom stereocenters. The molecule has 2 aromatic rings. The van der Waals surface area contributed by atoms with Crippen LogP contribution in [0.4, 0.5) is 0 Å². The summed E-state index contributed by atoms with van der Waals surface area (Å²) in [7, 11) is -1.99. The summed E-state index contributed by atoms with van der Waals surface area (Å²) in [6.45, 7) is 4.15. The highest BCUT2D eigenvalue weighted by Crippen LogP contribution is 2.24. The van der Waals surface area contributed by atoms with Gasteiger partial charge < -0.3 is 9.64 Å². The number of rotatable bonds is 8. The van der Waals surface area contributed by atoms with Gasteiger partial charge in [0.15, 0.2) is 9.84 Å². The summed E-state index contributed by atoms with van der Waals surface area (Å²) in [6, 6.07) is 14.3. The van der Waals surface area contributed by atoms with Gasteiger partial charge in [0.25, 0.3) is 0 Å². The first-order valence-corrected chi connectivity index (χ1v) is 11.3. The molecular formula is C20H24BrNO4S. The molecule has 0 aliphatic rings. The molecule has 0 saturated heterocycles. The van der Waals surface area contributed by atoms with Crippen LogP contribution in [0.25, 0.3) is 0 Å². The highest BCUT2D eigenvalue weighted by atomic mass is 79.9. The molecule has 0 saturated carbocycles. The molecule has 146 valence electrons. The summed E-state index contributed by atoms with van der Waals surface area (Å²) in [5, 5.41) is 0. The number of sulfone groups is 1. The van der Waals surface area contributed by atoms with E-state index in [0.29, 0.717) is 17.9 Å². The minimum Gasteiger partial charge on any atom is -0.497 e. The van der Waals surface area contributed by atoms with Crippen molar-refractivity contribution in [1.29, 1.82) is 0 Å². The lowest BCUT2D eigenvalue weighted by molar-refractivity contribution is -0.130. The Labute approximate surface area is 169 Å². The van der Waals surface area contributed by atoms with Crippen LogP contribution in [-0.4, -0.2) is 38.6 Å². The summed E-state index contributed by atoms with van der Waals surface area (Å²) < 4.78 is 31.1. The van der Waals surface area contributed by atoms with Crippen molar-refractivity contribution in [2.24, 2.45) is 0 Å². The molecule has 27 heavy (non-hydrogen) atoms. The Morgan fingerprint density at radius 2 is 1.89 bits per heavy atom. The van der Waals surface area contributed by atoms with Gasteiger partial charge in [-0.3, -0.25) is 4.79 Å². The highest BCUT2D eigenvalue weighted by molar-refractivity contribution is 9.10. The van der Waals surface area contributed by atoms with Gasteiger partial charge in [0.05, 0.1) is 18.9 Å². The third-order valence-corrected chi connectivity index (χ3v) is 6.28. The number of hydrogen-bond acceptors (Lipinski definition) is 4. The Hall–Kier alpha value is -1.86. The quantitative estimate of drug-likeness (QED) is 0.606. The van der Waals surface area contributed by atoms with Crippen LogP contribution in [0.15, 0.2) is 53.0 Å². The molecule has 0 heterocycles. The molecule has 0 aromatic heterocycles. The van der Waals surface area contributed by atoms with E-state index in [-0.39, 0.29) is 11.8 Å². The molecule has 1 atom stereocenters. The summed E-state index contributed by atoms with van der Waals surface area (Å²) >= 11 is 3.33.